The van der Waals surface area contributed by atoms with Crippen molar-refractivity contribution in [3.05, 3.63) is 53.7 Å². The predicted octanol–water partition coefficient (Wildman–Crippen LogP) is 1.79. The molecule has 15 heavy (non-hydrogen) atoms. The van der Waals surface area contributed by atoms with Crippen LogP contribution in [0, 0.1) is 6.08 Å². The number of hydrogen-bond acceptors (Lipinski definition) is 3. The van der Waals surface area contributed by atoms with Crippen LogP contribution in [0.1, 0.15) is 11.3 Å². The Hall–Kier alpha value is -1.97. The summed E-state index contributed by atoms with van der Waals surface area (Å²) in [6.45, 7) is 0. The van der Waals surface area contributed by atoms with Crippen LogP contribution in [0.2, 0.25) is 0 Å². The van der Waals surface area contributed by atoms with Crippen LogP contribution >= 0.6 is 0 Å². The average molecular weight is 203 g/mol. The van der Waals surface area contributed by atoms with E-state index in [2.05, 4.69) is 9.97 Å². The summed E-state index contributed by atoms with van der Waals surface area (Å²) >= 11 is 0. The maximum atomic E-state index is 12.8. The van der Waals surface area contributed by atoms with E-state index < -0.39 is 6.08 Å². The Balaban J connectivity index is 2.25. The third-order valence-electron chi connectivity index (χ3n) is 2.00. The van der Waals surface area contributed by atoms with E-state index in [4.69, 9.17) is 5.73 Å². The molecule has 0 saturated carbocycles. The van der Waals surface area contributed by atoms with E-state index in [1.165, 1.54) is 0 Å². The summed E-state index contributed by atoms with van der Waals surface area (Å²) in [5.41, 5.74) is 7.08. The van der Waals surface area contributed by atoms with Crippen molar-refractivity contribution in [2.75, 3.05) is 5.73 Å². The largest absolute Gasteiger partial charge is 0.384 e. The molecule has 0 fully saturated rings. The van der Waals surface area contributed by atoms with Gasteiger partial charge in [0.25, 0.3) is 0 Å². The number of nitrogens with zero attached hydrogens (tertiary/aromatic N) is 2. The van der Waals surface area contributed by atoms with Crippen molar-refractivity contribution in [2.24, 2.45) is 0 Å². The lowest BCUT2D eigenvalue weighted by molar-refractivity contribution is 0.535. The van der Waals surface area contributed by atoms with Crippen molar-refractivity contribution in [1.82, 2.24) is 9.97 Å². The van der Waals surface area contributed by atoms with Crippen LogP contribution in [0.3, 0.4) is 0 Å². The Kier molecular flexibility index (Phi) is 2.58. The second-order valence-electron chi connectivity index (χ2n) is 3.22. The second-order valence-corrected chi connectivity index (χ2v) is 3.22. The number of anilines is 1. The number of halogens is 1. The van der Waals surface area contributed by atoms with Crippen molar-refractivity contribution in [2.45, 2.75) is 6.42 Å². The van der Waals surface area contributed by atoms with Crippen LogP contribution in [0.15, 0.2) is 36.4 Å². The molecule has 76 valence electrons. The summed E-state index contributed by atoms with van der Waals surface area (Å²) < 4.78 is 12.8. The van der Waals surface area contributed by atoms with Gasteiger partial charge in [0.05, 0.1) is 5.69 Å². The molecule has 1 aromatic carbocycles. The molecule has 0 unspecified atom stereocenters. The molecule has 0 saturated heterocycles. The predicted molar refractivity (Wildman–Crippen MR) is 55.7 cm³/mol. The molecule has 0 aliphatic carbocycles. The van der Waals surface area contributed by atoms with Gasteiger partial charge in [0.1, 0.15) is 5.82 Å². The first kappa shape index (κ1) is 9.58. The molecule has 0 amide bonds. The fourth-order valence-electron chi connectivity index (χ4n) is 1.38. The SMILES string of the molecule is Nc1cc(Cc2ccccc2)nc(F)n1. The Labute approximate surface area is 86.8 Å². The highest BCUT2D eigenvalue weighted by Gasteiger charge is 2.02. The molecular weight excluding hydrogens is 193 g/mol. The van der Waals surface area contributed by atoms with Crippen molar-refractivity contribution in [3.8, 4) is 0 Å². The van der Waals surface area contributed by atoms with E-state index in [1.54, 1.807) is 6.07 Å². The van der Waals surface area contributed by atoms with Gasteiger partial charge in [-0.1, -0.05) is 30.3 Å². The molecule has 2 aromatic rings. The van der Waals surface area contributed by atoms with E-state index in [-0.39, 0.29) is 5.82 Å². The van der Waals surface area contributed by atoms with Crippen molar-refractivity contribution >= 4 is 5.82 Å². The van der Waals surface area contributed by atoms with E-state index in [1.807, 2.05) is 30.3 Å². The van der Waals surface area contributed by atoms with Gasteiger partial charge in [0.2, 0.25) is 0 Å². The fourth-order valence-corrected chi connectivity index (χ4v) is 1.38. The molecule has 3 nitrogen and oxygen atoms in total. The fraction of sp³-hybridized carbons (Fsp3) is 0.0909. The Morgan fingerprint density at radius 3 is 2.53 bits per heavy atom. The lowest BCUT2D eigenvalue weighted by atomic mass is 10.1. The average Bonchev–Trinajstić information content (AvgIpc) is 2.17. The molecule has 0 bridgehead atoms. The Morgan fingerprint density at radius 1 is 1.13 bits per heavy atom. The molecule has 0 aliphatic rings. The zero-order chi connectivity index (χ0) is 10.7. The van der Waals surface area contributed by atoms with Gasteiger partial charge >= 0.3 is 6.08 Å². The van der Waals surface area contributed by atoms with Crippen LogP contribution in [0.4, 0.5) is 10.2 Å². The highest BCUT2D eigenvalue weighted by Crippen LogP contribution is 2.09. The van der Waals surface area contributed by atoms with Gasteiger partial charge in [-0.3, -0.25) is 0 Å². The smallest absolute Gasteiger partial charge is 0.310 e. The Bertz CT molecular complexity index is 436. The van der Waals surface area contributed by atoms with Gasteiger partial charge in [-0.05, 0) is 5.56 Å². The van der Waals surface area contributed by atoms with Gasteiger partial charge in [0.15, 0.2) is 0 Å². The van der Waals surface area contributed by atoms with Gasteiger partial charge in [-0.15, -0.1) is 0 Å². The molecule has 0 atom stereocenters. The first-order valence-corrected chi connectivity index (χ1v) is 4.57. The number of nitrogens with two attached hydrogens (primary N) is 1. The van der Waals surface area contributed by atoms with E-state index >= 15 is 0 Å². The maximum absolute atomic E-state index is 12.8. The number of benzene rings is 1. The molecule has 0 aliphatic heterocycles. The third kappa shape index (κ3) is 2.49. The molecule has 4 heteroatoms. The summed E-state index contributed by atoms with van der Waals surface area (Å²) in [4.78, 5) is 7.05. The zero-order valence-electron chi connectivity index (χ0n) is 8.02. The monoisotopic (exact) mass is 203 g/mol. The molecule has 0 radical (unpaired) electrons. The van der Waals surface area contributed by atoms with Crippen molar-refractivity contribution in [1.29, 1.82) is 0 Å². The molecule has 1 heterocycles. The second kappa shape index (κ2) is 4.04. The lowest BCUT2D eigenvalue weighted by Gasteiger charge is -2.01. The van der Waals surface area contributed by atoms with Gasteiger partial charge in [-0.25, -0.2) is 4.98 Å². The first-order valence-electron chi connectivity index (χ1n) is 4.57. The van der Waals surface area contributed by atoms with Crippen LogP contribution in [-0.2, 0) is 6.42 Å². The minimum Gasteiger partial charge on any atom is -0.384 e. The summed E-state index contributed by atoms with van der Waals surface area (Å²) in [5.74, 6) is 0.161. The van der Waals surface area contributed by atoms with Gasteiger partial charge in [-0.2, -0.15) is 9.37 Å². The highest BCUT2D eigenvalue weighted by atomic mass is 19.1. The van der Waals surface area contributed by atoms with E-state index in [9.17, 15) is 4.39 Å². The minimum atomic E-state index is -0.777. The van der Waals surface area contributed by atoms with Crippen LogP contribution < -0.4 is 5.73 Å². The molecular formula is C11H10FN3. The Morgan fingerprint density at radius 2 is 1.87 bits per heavy atom. The van der Waals surface area contributed by atoms with Crippen LogP contribution in [0.25, 0.3) is 0 Å². The summed E-state index contributed by atoms with van der Waals surface area (Å²) in [6, 6.07) is 11.3. The first-order chi connectivity index (χ1) is 7.24. The van der Waals surface area contributed by atoms with Crippen molar-refractivity contribution in [3.63, 3.8) is 0 Å². The van der Waals surface area contributed by atoms with E-state index in [0.717, 1.165) is 5.56 Å². The zero-order valence-corrected chi connectivity index (χ0v) is 8.02. The van der Waals surface area contributed by atoms with Gasteiger partial charge in [0, 0.05) is 12.5 Å². The molecule has 1 aromatic heterocycles. The maximum Gasteiger partial charge on any atom is 0.310 e. The van der Waals surface area contributed by atoms with E-state index in [0.29, 0.717) is 12.1 Å². The number of aromatic nitrogens is 2. The summed E-state index contributed by atoms with van der Waals surface area (Å²) in [7, 11) is 0. The summed E-state index contributed by atoms with van der Waals surface area (Å²) in [5, 5.41) is 0. The number of hydrogen-bond donors (Lipinski definition) is 1. The summed E-state index contributed by atoms with van der Waals surface area (Å²) in [6.07, 6.45) is -0.217. The van der Waals surface area contributed by atoms with Crippen molar-refractivity contribution < 1.29 is 4.39 Å². The quantitative estimate of drug-likeness (QED) is 0.757. The highest BCUT2D eigenvalue weighted by molar-refractivity contribution is 5.31. The number of nitrogen functional groups attached to an aromatic ring is 1. The minimum absolute atomic E-state index is 0.161. The topological polar surface area (TPSA) is 51.8 Å². The normalized spacial score (nSPS) is 10.2. The molecule has 2 rings (SSSR count). The van der Waals surface area contributed by atoms with Crippen LogP contribution in [0.5, 0.6) is 0 Å². The van der Waals surface area contributed by atoms with Gasteiger partial charge < -0.3 is 5.73 Å². The standard InChI is InChI=1S/C11H10FN3/c12-11-14-9(7-10(13)15-11)6-8-4-2-1-3-5-8/h1-5,7H,6H2,(H2,13,14,15). The van der Waals surface area contributed by atoms with Crippen LogP contribution in [-0.4, -0.2) is 9.97 Å². The molecule has 2 N–H and O–H groups in total. The molecule has 0 spiro atoms. The third-order valence-corrected chi connectivity index (χ3v) is 2.00. The lowest BCUT2D eigenvalue weighted by Crippen LogP contribution is -2.01. The number of rotatable bonds is 2.